The first-order chi connectivity index (χ1) is 15.5. The Kier molecular flexibility index (Phi) is 8.41. The van der Waals surface area contributed by atoms with Crippen LogP contribution in [-0.4, -0.2) is 33.5 Å². The van der Waals surface area contributed by atoms with E-state index in [1.807, 2.05) is 36.4 Å². The Balaban J connectivity index is 1.61. The van der Waals surface area contributed by atoms with Crippen LogP contribution in [0.3, 0.4) is 0 Å². The van der Waals surface area contributed by atoms with Crippen LogP contribution in [0.5, 0.6) is 17.2 Å². The maximum absolute atomic E-state index is 12.4. The van der Waals surface area contributed by atoms with Crippen molar-refractivity contribution in [2.24, 2.45) is 5.10 Å². The Morgan fingerprint density at radius 3 is 2.16 bits per heavy atom. The van der Waals surface area contributed by atoms with Gasteiger partial charge in [0, 0.05) is 33.4 Å². The summed E-state index contributed by atoms with van der Waals surface area (Å²) in [4.78, 5) is 13.6. The molecule has 1 amide bonds. The molecule has 0 radical (unpaired) electrons. The predicted octanol–water partition coefficient (Wildman–Crippen LogP) is 5.42. The second-order valence-electron chi connectivity index (χ2n) is 6.58. The predicted molar refractivity (Wildman–Crippen MR) is 129 cm³/mol. The lowest BCUT2D eigenvalue weighted by Gasteiger charge is -2.12. The molecule has 0 saturated carbocycles. The van der Waals surface area contributed by atoms with E-state index in [0.29, 0.717) is 28.4 Å². The van der Waals surface area contributed by atoms with Gasteiger partial charge in [-0.15, -0.1) is 11.8 Å². The topological polar surface area (TPSA) is 69.2 Å². The summed E-state index contributed by atoms with van der Waals surface area (Å²) < 4.78 is 16.0. The van der Waals surface area contributed by atoms with E-state index in [1.165, 1.54) is 20.4 Å². The van der Waals surface area contributed by atoms with Crippen LogP contribution in [0, 0.1) is 0 Å². The summed E-state index contributed by atoms with van der Waals surface area (Å²) in [5.74, 6) is 2.10. The van der Waals surface area contributed by atoms with Crippen LogP contribution in [-0.2, 0) is 5.75 Å². The summed E-state index contributed by atoms with van der Waals surface area (Å²) in [6.07, 6.45) is 1.48. The van der Waals surface area contributed by atoms with Crippen LogP contribution in [0.4, 0.5) is 0 Å². The first-order valence-electron chi connectivity index (χ1n) is 9.64. The minimum Gasteiger partial charge on any atom is -0.496 e. The molecule has 0 atom stereocenters. The Bertz CT molecular complexity index is 1060. The van der Waals surface area contributed by atoms with E-state index in [9.17, 15) is 4.79 Å². The number of amides is 1. The van der Waals surface area contributed by atoms with Crippen LogP contribution in [0.25, 0.3) is 0 Å². The van der Waals surface area contributed by atoms with Crippen molar-refractivity contribution in [3.8, 4) is 17.2 Å². The number of ether oxygens (including phenoxy) is 3. The lowest BCUT2D eigenvalue weighted by molar-refractivity contribution is 0.0955. The number of nitrogens with zero attached hydrogens (tertiary/aromatic N) is 1. The molecule has 0 unspecified atom stereocenters. The van der Waals surface area contributed by atoms with Gasteiger partial charge in [0.05, 0.1) is 33.1 Å². The highest BCUT2D eigenvalue weighted by atomic mass is 35.5. The second-order valence-corrected chi connectivity index (χ2v) is 8.07. The summed E-state index contributed by atoms with van der Waals surface area (Å²) in [5, 5.41) is 4.77. The number of benzene rings is 3. The zero-order valence-electron chi connectivity index (χ0n) is 17.9. The normalized spacial score (nSPS) is 10.8. The average Bonchev–Trinajstić information content (AvgIpc) is 2.83. The van der Waals surface area contributed by atoms with Gasteiger partial charge < -0.3 is 14.2 Å². The molecule has 8 heteroatoms. The molecule has 3 aromatic rings. The van der Waals surface area contributed by atoms with Crippen LogP contribution in [0.15, 0.2) is 70.7 Å². The smallest absolute Gasteiger partial charge is 0.271 e. The number of hydrogen-bond donors (Lipinski definition) is 1. The molecule has 0 aromatic heterocycles. The van der Waals surface area contributed by atoms with Gasteiger partial charge in [0.2, 0.25) is 0 Å². The number of methoxy groups -OCH3 is 3. The largest absolute Gasteiger partial charge is 0.496 e. The van der Waals surface area contributed by atoms with Crippen molar-refractivity contribution in [1.82, 2.24) is 5.43 Å². The molecular formula is C24H23ClN2O4S. The monoisotopic (exact) mass is 470 g/mol. The van der Waals surface area contributed by atoms with Gasteiger partial charge in [-0.2, -0.15) is 5.10 Å². The van der Waals surface area contributed by atoms with Crippen molar-refractivity contribution < 1.29 is 19.0 Å². The molecule has 0 spiro atoms. The molecule has 0 bridgehead atoms. The lowest BCUT2D eigenvalue weighted by Crippen LogP contribution is -2.17. The fraction of sp³-hybridized carbons (Fsp3) is 0.167. The average molecular weight is 471 g/mol. The third-order valence-electron chi connectivity index (χ3n) is 4.55. The number of carbonyl (C=O) groups excluding carboxylic acids is 1. The Hall–Kier alpha value is -3.16. The van der Waals surface area contributed by atoms with Crippen molar-refractivity contribution in [2.75, 3.05) is 21.3 Å². The van der Waals surface area contributed by atoms with Gasteiger partial charge in [0.15, 0.2) is 0 Å². The fourth-order valence-corrected chi connectivity index (χ4v) is 3.81. The van der Waals surface area contributed by atoms with Crippen molar-refractivity contribution in [3.63, 3.8) is 0 Å². The third-order valence-corrected chi connectivity index (χ3v) is 5.88. The summed E-state index contributed by atoms with van der Waals surface area (Å²) in [6.45, 7) is 0. The number of nitrogens with one attached hydrogen (secondary N) is 1. The van der Waals surface area contributed by atoms with Crippen molar-refractivity contribution >= 4 is 35.5 Å². The summed E-state index contributed by atoms with van der Waals surface area (Å²) >= 11 is 7.62. The minimum atomic E-state index is -0.315. The minimum absolute atomic E-state index is 0.315. The second kappa shape index (κ2) is 11.5. The first kappa shape index (κ1) is 23.5. The number of halogens is 1. The van der Waals surface area contributed by atoms with Crippen molar-refractivity contribution in [1.29, 1.82) is 0 Å². The molecule has 0 heterocycles. The molecule has 0 saturated heterocycles. The van der Waals surface area contributed by atoms with Crippen LogP contribution >= 0.6 is 23.4 Å². The molecule has 3 aromatic carbocycles. The molecule has 6 nitrogen and oxygen atoms in total. The molecule has 3 rings (SSSR count). The molecular weight excluding hydrogens is 448 g/mol. The molecule has 166 valence electrons. The standard InChI is InChI=1S/C24H23ClN2O4S/c1-29-19-12-22(30-2)21(23(13-19)31-3)14-26-27-24(28)17-6-4-16(5-7-17)15-32-20-10-8-18(25)9-11-20/h4-14H,15H2,1-3H3,(H,27,28)/b26-14+. The maximum atomic E-state index is 12.4. The Morgan fingerprint density at radius 1 is 0.969 bits per heavy atom. The van der Waals surface area contributed by atoms with Crippen LogP contribution in [0.1, 0.15) is 21.5 Å². The van der Waals surface area contributed by atoms with E-state index in [0.717, 1.165) is 21.2 Å². The van der Waals surface area contributed by atoms with Gasteiger partial charge in [-0.25, -0.2) is 5.43 Å². The number of thioether (sulfide) groups is 1. The van der Waals surface area contributed by atoms with Gasteiger partial charge in [-0.1, -0.05) is 23.7 Å². The third kappa shape index (κ3) is 6.18. The van der Waals surface area contributed by atoms with E-state index in [1.54, 1.807) is 43.1 Å². The van der Waals surface area contributed by atoms with E-state index in [-0.39, 0.29) is 5.91 Å². The lowest BCUT2D eigenvalue weighted by atomic mass is 10.1. The fourth-order valence-electron chi connectivity index (χ4n) is 2.83. The van der Waals surface area contributed by atoms with E-state index in [4.69, 9.17) is 25.8 Å². The quantitative estimate of drug-likeness (QED) is 0.257. The highest BCUT2D eigenvalue weighted by Gasteiger charge is 2.12. The molecule has 0 fully saturated rings. The van der Waals surface area contributed by atoms with E-state index < -0.39 is 0 Å². The van der Waals surface area contributed by atoms with Crippen molar-refractivity contribution in [2.45, 2.75) is 10.6 Å². The van der Waals surface area contributed by atoms with Crippen molar-refractivity contribution in [3.05, 3.63) is 82.4 Å². The number of hydrazone groups is 1. The van der Waals surface area contributed by atoms with E-state index >= 15 is 0 Å². The van der Waals surface area contributed by atoms with Crippen LogP contribution < -0.4 is 19.6 Å². The highest BCUT2D eigenvalue weighted by molar-refractivity contribution is 7.98. The number of rotatable bonds is 9. The van der Waals surface area contributed by atoms with Crippen LogP contribution in [0.2, 0.25) is 5.02 Å². The molecule has 0 aliphatic heterocycles. The van der Waals surface area contributed by atoms with Gasteiger partial charge in [-0.05, 0) is 42.0 Å². The maximum Gasteiger partial charge on any atom is 0.271 e. The molecule has 1 N–H and O–H groups in total. The van der Waals surface area contributed by atoms with Gasteiger partial charge >= 0.3 is 0 Å². The Labute approximate surface area is 196 Å². The van der Waals surface area contributed by atoms with Gasteiger partial charge in [-0.3, -0.25) is 4.79 Å². The summed E-state index contributed by atoms with van der Waals surface area (Å²) in [7, 11) is 4.64. The van der Waals surface area contributed by atoms with Gasteiger partial charge in [0.1, 0.15) is 17.2 Å². The highest BCUT2D eigenvalue weighted by Crippen LogP contribution is 2.32. The number of hydrogen-bond acceptors (Lipinski definition) is 6. The summed E-state index contributed by atoms with van der Waals surface area (Å²) in [5.41, 5.74) is 4.74. The first-order valence-corrected chi connectivity index (χ1v) is 11.0. The molecule has 32 heavy (non-hydrogen) atoms. The Morgan fingerprint density at radius 2 is 1.59 bits per heavy atom. The zero-order chi connectivity index (χ0) is 22.9. The summed E-state index contributed by atoms with van der Waals surface area (Å²) in [6, 6.07) is 18.5. The van der Waals surface area contributed by atoms with E-state index in [2.05, 4.69) is 10.5 Å². The zero-order valence-corrected chi connectivity index (χ0v) is 19.5. The number of carbonyl (C=O) groups is 1. The van der Waals surface area contributed by atoms with Gasteiger partial charge in [0.25, 0.3) is 5.91 Å². The molecule has 0 aliphatic rings. The SMILES string of the molecule is COc1cc(OC)c(/C=N/NC(=O)c2ccc(CSc3ccc(Cl)cc3)cc2)c(OC)c1. The molecule has 0 aliphatic carbocycles.